The van der Waals surface area contributed by atoms with E-state index in [0.717, 1.165) is 5.69 Å². The summed E-state index contributed by atoms with van der Waals surface area (Å²) in [6.07, 6.45) is 1.41. The van der Waals surface area contributed by atoms with Crippen molar-refractivity contribution in [3.8, 4) is 11.8 Å². The number of hydrogen-bond acceptors (Lipinski definition) is 6. The van der Waals surface area contributed by atoms with E-state index in [4.69, 9.17) is 4.74 Å². The summed E-state index contributed by atoms with van der Waals surface area (Å²) in [6.45, 7) is 0. The average molecular weight is 352 g/mol. The van der Waals surface area contributed by atoms with Crippen LogP contribution in [0.1, 0.15) is 0 Å². The van der Waals surface area contributed by atoms with Crippen LogP contribution in [0.2, 0.25) is 0 Å². The van der Waals surface area contributed by atoms with Gasteiger partial charge in [0.1, 0.15) is 17.4 Å². The van der Waals surface area contributed by atoms with Crippen molar-refractivity contribution in [1.29, 1.82) is 5.26 Å². The van der Waals surface area contributed by atoms with Crippen LogP contribution in [0.4, 0.5) is 17.1 Å². The van der Waals surface area contributed by atoms with Gasteiger partial charge in [-0.2, -0.15) is 5.26 Å². The Kier molecular flexibility index (Phi) is 5.90. The highest BCUT2D eigenvalue weighted by Crippen LogP contribution is 2.29. The molecule has 0 saturated carbocycles. The van der Waals surface area contributed by atoms with E-state index in [1.165, 1.54) is 31.5 Å². The standard InChI is InChI=1S/C18H16N4O4/c1-21(14-6-4-3-5-7-14)12-13(11-19)18(23)20-16-9-8-15(22(24)25)10-17(16)26-2/h3-10,12H,1-2H3,(H,20,23)/b13-12-. The molecule has 0 unspecified atom stereocenters. The maximum atomic E-state index is 12.4. The lowest BCUT2D eigenvalue weighted by molar-refractivity contribution is -0.384. The van der Waals surface area contributed by atoms with Crippen LogP contribution in [0, 0.1) is 21.4 Å². The highest BCUT2D eigenvalue weighted by Gasteiger charge is 2.16. The number of methoxy groups -OCH3 is 1. The van der Waals surface area contributed by atoms with Crippen LogP contribution in [0.15, 0.2) is 60.3 Å². The van der Waals surface area contributed by atoms with Gasteiger partial charge in [0, 0.05) is 25.0 Å². The number of rotatable bonds is 6. The lowest BCUT2D eigenvalue weighted by Crippen LogP contribution is -2.18. The van der Waals surface area contributed by atoms with Gasteiger partial charge in [0.25, 0.3) is 11.6 Å². The number of amides is 1. The number of benzene rings is 2. The van der Waals surface area contributed by atoms with Crippen molar-refractivity contribution in [2.75, 3.05) is 24.4 Å². The first-order valence-electron chi connectivity index (χ1n) is 7.50. The Morgan fingerprint density at radius 2 is 2.00 bits per heavy atom. The summed E-state index contributed by atoms with van der Waals surface area (Å²) in [7, 11) is 3.05. The van der Waals surface area contributed by atoms with Crippen molar-refractivity contribution >= 4 is 23.0 Å². The molecule has 0 aliphatic rings. The highest BCUT2D eigenvalue weighted by atomic mass is 16.6. The fraction of sp³-hybridized carbons (Fsp3) is 0.111. The maximum Gasteiger partial charge on any atom is 0.273 e. The average Bonchev–Trinajstić information content (AvgIpc) is 2.66. The fourth-order valence-corrected chi connectivity index (χ4v) is 2.16. The van der Waals surface area contributed by atoms with Crippen molar-refractivity contribution in [2.24, 2.45) is 0 Å². The number of anilines is 2. The molecule has 8 nitrogen and oxygen atoms in total. The van der Waals surface area contributed by atoms with Crippen molar-refractivity contribution in [2.45, 2.75) is 0 Å². The Labute approximate surface area is 150 Å². The van der Waals surface area contributed by atoms with Crippen LogP contribution >= 0.6 is 0 Å². The van der Waals surface area contributed by atoms with Crippen LogP contribution in [-0.4, -0.2) is 25.0 Å². The maximum absolute atomic E-state index is 12.4. The second-order valence-electron chi connectivity index (χ2n) is 5.20. The van der Waals surface area contributed by atoms with E-state index >= 15 is 0 Å². The number of nitrogens with one attached hydrogen (secondary N) is 1. The predicted molar refractivity (Wildman–Crippen MR) is 96.8 cm³/mol. The third-order valence-electron chi connectivity index (χ3n) is 3.50. The second kappa shape index (κ2) is 8.30. The smallest absolute Gasteiger partial charge is 0.273 e. The molecular weight excluding hydrogens is 336 g/mol. The van der Waals surface area contributed by atoms with E-state index in [1.54, 1.807) is 11.9 Å². The minimum Gasteiger partial charge on any atom is -0.494 e. The molecule has 0 radical (unpaired) electrons. The van der Waals surface area contributed by atoms with Gasteiger partial charge < -0.3 is 15.0 Å². The molecule has 132 valence electrons. The molecule has 0 spiro atoms. The van der Waals surface area contributed by atoms with Crippen molar-refractivity contribution in [1.82, 2.24) is 0 Å². The number of carbonyl (C=O) groups is 1. The third-order valence-corrected chi connectivity index (χ3v) is 3.50. The van der Waals surface area contributed by atoms with E-state index in [1.807, 2.05) is 36.4 Å². The number of nitriles is 1. The molecule has 8 heteroatoms. The zero-order valence-electron chi connectivity index (χ0n) is 14.2. The van der Waals surface area contributed by atoms with Crippen LogP contribution in [0.5, 0.6) is 5.75 Å². The Morgan fingerprint density at radius 1 is 1.31 bits per heavy atom. The largest absolute Gasteiger partial charge is 0.494 e. The van der Waals surface area contributed by atoms with Gasteiger partial charge in [-0.15, -0.1) is 0 Å². The first-order valence-corrected chi connectivity index (χ1v) is 7.50. The quantitative estimate of drug-likeness (QED) is 0.370. The fourth-order valence-electron chi connectivity index (χ4n) is 2.16. The summed E-state index contributed by atoms with van der Waals surface area (Å²) in [5, 5.41) is 22.6. The predicted octanol–water partition coefficient (Wildman–Crippen LogP) is 3.09. The summed E-state index contributed by atoms with van der Waals surface area (Å²) in [6, 6.07) is 14.9. The Hall–Kier alpha value is -3.86. The molecule has 2 aromatic carbocycles. The second-order valence-corrected chi connectivity index (χ2v) is 5.20. The molecule has 1 N–H and O–H groups in total. The molecule has 0 atom stereocenters. The molecule has 0 fully saturated rings. The van der Waals surface area contributed by atoms with Crippen molar-refractivity contribution in [3.05, 3.63) is 70.4 Å². The number of carbonyl (C=O) groups excluding carboxylic acids is 1. The van der Waals surface area contributed by atoms with E-state index in [9.17, 15) is 20.2 Å². The molecule has 0 aromatic heterocycles. The molecule has 0 aliphatic heterocycles. The molecule has 0 bridgehead atoms. The lowest BCUT2D eigenvalue weighted by atomic mass is 10.2. The van der Waals surface area contributed by atoms with Gasteiger partial charge in [-0.05, 0) is 18.2 Å². The number of nitro groups is 1. The summed E-state index contributed by atoms with van der Waals surface area (Å²) in [5.74, 6) is -0.524. The topological polar surface area (TPSA) is 108 Å². The van der Waals surface area contributed by atoms with E-state index in [-0.39, 0.29) is 22.7 Å². The minimum atomic E-state index is -0.651. The monoisotopic (exact) mass is 352 g/mol. The zero-order chi connectivity index (χ0) is 19.1. The summed E-state index contributed by atoms with van der Waals surface area (Å²) in [5.41, 5.74) is 0.740. The van der Waals surface area contributed by atoms with Gasteiger partial charge >= 0.3 is 0 Å². The third kappa shape index (κ3) is 4.36. The van der Waals surface area contributed by atoms with Crippen LogP contribution in [0.3, 0.4) is 0 Å². The van der Waals surface area contributed by atoms with Gasteiger partial charge in [0.15, 0.2) is 0 Å². The molecule has 1 amide bonds. The van der Waals surface area contributed by atoms with Gasteiger partial charge in [0.05, 0.1) is 23.8 Å². The van der Waals surface area contributed by atoms with Gasteiger partial charge in [-0.1, -0.05) is 18.2 Å². The van der Waals surface area contributed by atoms with Crippen molar-refractivity contribution in [3.63, 3.8) is 0 Å². The molecule has 26 heavy (non-hydrogen) atoms. The minimum absolute atomic E-state index is 0.126. The molecule has 2 aromatic rings. The summed E-state index contributed by atoms with van der Waals surface area (Å²) < 4.78 is 5.07. The van der Waals surface area contributed by atoms with Crippen LogP contribution < -0.4 is 15.0 Å². The molecular formula is C18H16N4O4. The lowest BCUT2D eigenvalue weighted by Gasteiger charge is -2.15. The number of nitro benzene ring substituents is 1. The van der Waals surface area contributed by atoms with Crippen LogP contribution in [0.25, 0.3) is 0 Å². The normalized spacial score (nSPS) is 10.6. The Morgan fingerprint density at radius 3 is 2.58 bits per heavy atom. The zero-order valence-corrected chi connectivity index (χ0v) is 14.2. The number of nitrogens with zero attached hydrogens (tertiary/aromatic N) is 3. The number of hydrogen-bond donors (Lipinski definition) is 1. The first kappa shape index (κ1) is 18.5. The Bertz CT molecular complexity index is 888. The first-order chi connectivity index (χ1) is 12.5. The molecule has 0 saturated heterocycles. The molecule has 0 aliphatic carbocycles. The highest BCUT2D eigenvalue weighted by molar-refractivity contribution is 6.07. The van der Waals surface area contributed by atoms with Gasteiger partial charge in [-0.3, -0.25) is 14.9 Å². The van der Waals surface area contributed by atoms with Gasteiger partial charge in [0.2, 0.25) is 0 Å². The van der Waals surface area contributed by atoms with Crippen LogP contribution in [-0.2, 0) is 4.79 Å². The number of ether oxygens (including phenoxy) is 1. The Balaban J connectivity index is 2.23. The summed E-state index contributed by atoms with van der Waals surface area (Å²) in [4.78, 5) is 24.3. The summed E-state index contributed by atoms with van der Waals surface area (Å²) >= 11 is 0. The van der Waals surface area contributed by atoms with E-state index in [0.29, 0.717) is 0 Å². The van der Waals surface area contributed by atoms with E-state index < -0.39 is 10.8 Å². The molecule has 0 heterocycles. The van der Waals surface area contributed by atoms with Gasteiger partial charge in [-0.25, -0.2) is 0 Å². The molecule has 2 rings (SSSR count). The number of para-hydroxylation sites is 1. The number of non-ortho nitro benzene ring substituents is 1. The van der Waals surface area contributed by atoms with E-state index in [2.05, 4.69) is 5.32 Å². The van der Waals surface area contributed by atoms with Crippen molar-refractivity contribution < 1.29 is 14.5 Å². The SMILES string of the molecule is COc1cc([N+](=O)[O-])ccc1NC(=O)/C(C#N)=C\N(C)c1ccccc1.